The summed E-state index contributed by atoms with van der Waals surface area (Å²) in [5.41, 5.74) is 2.34. The molecule has 0 N–H and O–H groups in total. The largest absolute Gasteiger partial charge is 2.00 e. The van der Waals surface area contributed by atoms with Crippen molar-refractivity contribution in [2.75, 3.05) is 0 Å². The average Bonchev–Trinajstić information content (AvgIpc) is 2.28. The molecule has 0 aliphatic carbocycles. The summed E-state index contributed by atoms with van der Waals surface area (Å²) < 4.78 is 0. The Kier molecular flexibility index (Phi) is 11.8. The van der Waals surface area contributed by atoms with Crippen LogP contribution in [0.5, 0.6) is 0 Å². The van der Waals surface area contributed by atoms with Gasteiger partial charge in [0.25, 0.3) is 0 Å². The molecule has 5 heteroatoms. The Labute approximate surface area is 136 Å². The third-order valence-corrected chi connectivity index (χ3v) is 1.62. The van der Waals surface area contributed by atoms with Crippen molar-refractivity contribution >= 4 is 55.2 Å². The first kappa shape index (κ1) is 19.2. The summed E-state index contributed by atoms with van der Waals surface area (Å²) in [7, 11) is 0. The van der Waals surface area contributed by atoms with Crippen LogP contribution in [0, 0.1) is 0 Å². The summed E-state index contributed by atoms with van der Waals surface area (Å²) in [4.78, 5) is 18.8. The molecule has 1 aromatic carbocycles. The molecule has 0 aromatic heterocycles. The maximum absolute atomic E-state index is 9.41. The van der Waals surface area contributed by atoms with E-state index in [-0.39, 0.29) is 37.7 Å². The monoisotopic (exact) mass is 272 g/mol. The molecule has 0 saturated carbocycles. The van der Waals surface area contributed by atoms with Crippen molar-refractivity contribution in [3.8, 4) is 0 Å². The van der Waals surface area contributed by atoms with Gasteiger partial charge in [0.2, 0.25) is 0 Å². The van der Waals surface area contributed by atoms with Crippen LogP contribution in [0.1, 0.15) is 12.5 Å². The predicted molar refractivity (Wildman–Crippen MR) is 66.1 cm³/mol. The normalized spacial score (nSPS) is 8.72. The number of allylic oxidation sites excluding steroid dienone is 1. The van der Waals surface area contributed by atoms with E-state index in [2.05, 4.69) is 18.7 Å². The Bertz CT molecular complexity index is 408. The second-order valence-electron chi connectivity index (χ2n) is 3.12. The van der Waals surface area contributed by atoms with Crippen molar-refractivity contribution in [2.45, 2.75) is 6.92 Å². The first-order valence-corrected chi connectivity index (χ1v) is 4.74. The molecule has 0 bridgehead atoms. The van der Waals surface area contributed by atoms with E-state index in [4.69, 9.17) is 0 Å². The second-order valence-corrected chi connectivity index (χ2v) is 3.12. The number of carboxylic acid groups (broad SMARTS) is 2. The Morgan fingerprint density at radius 1 is 1.06 bits per heavy atom. The first-order valence-electron chi connectivity index (χ1n) is 4.74. The number of rotatable bonds is 3. The van der Waals surface area contributed by atoms with E-state index >= 15 is 0 Å². The Hall–Kier alpha value is -1.10. The molecule has 0 saturated heterocycles. The molecule has 0 heterocycles. The van der Waals surface area contributed by atoms with Crippen LogP contribution in [0.2, 0.25) is 0 Å². The minimum absolute atomic E-state index is 0. The molecule has 0 aliphatic heterocycles. The Morgan fingerprint density at radius 2 is 1.44 bits per heavy atom. The van der Waals surface area contributed by atoms with Gasteiger partial charge in [0.1, 0.15) is 0 Å². The van der Waals surface area contributed by atoms with E-state index in [1.165, 1.54) is 5.56 Å². The van der Waals surface area contributed by atoms with Gasteiger partial charge in [-0.25, -0.2) is 0 Å². The van der Waals surface area contributed by atoms with Gasteiger partial charge in [-0.3, -0.25) is 0 Å². The number of carbonyl (C=O) groups excluding carboxylic acids is 2. The van der Waals surface area contributed by atoms with Crippen LogP contribution < -0.4 is 10.2 Å². The van der Waals surface area contributed by atoms with Gasteiger partial charge in [-0.1, -0.05) is 42.5 Å². The molecule has 1 aromatic rings. The van der Waals surface area contributed by atoms with Crippen molar-refractivity contribution in [2.24, 2.45) is 0 Å². The van der Waals surface area contributed by atoms with Gasteiger partial charge in [-0.05, 0) is 24.6 Å². The summed E-state index contributed by atoms with van der Waals surface area (Å²) in [6, 6.07) is 10.2. The van der Waals surface area contributed by atoms with E-state index in [0.29, 0.717) is 12.2 Å². The minimum Gasteiger partial charge on any atom is -0.545 e. The SMILES string of the molecule is C=C(C)c1ccccc1.O=C([O-])/C=C\C(=O)[O-].[Ca+2]. The third-order valence-electron chi connectivity index (χ3n) is 1.62. The number of hydrogen-bond donors (Lipinski definition) is 0. The third kappa shape index (κ3) is 11.4. The fraction of sp³-hybridized carbons (Fsp3) is 0.0769. The van der Waals surface area contributed by atoms with Crippen LogP contribution >= 0.6 is 0 Å². The molecule has 0 unspecified atom stereocenters. The molecule has 0 amide bonds. The summed E-state index contributed by atoms with van der Waals surface area (Å²) >= 11 is 0. The van der Waals surface area contributed by atoms with Crippen molar-refractivity contribution < 1.29 is 19.8 Å². The summed E-state index contributed by atoms with van der Waals surface area (Å²) in [5, 5.41) is 18.8. The van der Waals surface area contributed by atoms with Gasteiger partial charge >= 0.3 is 37.7 Å². The first-order chi connectivity index (χ1) is 7.93. The molecule has 90 valence electrons. The summed E-state index contributed by atoms with van der Waals surface area (Å²) in [6.07, 6.45) is 0.769. The molecule has 0 atom stereocenters. The van der Waals surface area contributed by atoms with Crippen LogP contribution in [0.15, 0.2) is 49.1 Å². The maximum atomic E-state index is 9.41. The number of hydrogen-bond acceptors (Lipinski definition) is 4. The average molecular weight is 272 g/mol. The van der Waals surface area contributed by atoms with Crippen LogP contribution in [0.3, 0.4) is 0 Å². The van der Waals surface area contributed by atoms with Crippen molar-refractivity contribution in [1.82, 2.24) is 0 Å². The van der Waals surface area contributed by atoms with Gasteiger partial charge in [0, 0.05) is 0 Å². The van der Waals surface area contributed by atoms with Crippen LogP contribution in [-0.2, 0) is 9.59 Å². The topological polar surface area (TPSA) is 80.3 Å². The molecule has 1 rings (SSSR count). The van der Waals surface area contributed by atoms with Crippen LogP contribution in [-0.4, -0.2) is 49.7 Å². The molecule has 4 nitrogen and oxygen atoms in total. The Morgan fingerprint density at radius 3 is 1.67 bits per heavy atom. The van der Waals surface area contributed by atoms with E-state index in [0.717, 1.165) is 5.57 Å². The van der Waals surface area contributed by atoms with Gasteiger partial charge in [0.15, 0.2) is 0 Å². The van der Waals surface area contributed by atoms with Crippen molar-refractivity contribution in [3.05, 3.63) is 54.6 Å². The van der Waals surface area contributed by atoms with E-state index < -0.39 is 11.9 Å². The zero-order valence-corrected chi connectivity index (χ0v) is 12.3. The predicted octanol–water partition coefficient (Wildman–Crippen LogP) is -0.619. The van der Waals surface area contributed by atoms with Gasteiger partial charge in [-0.2, -0.15) is 0 Å². The zero-order chi connectivity index (χ0) is 13.3. The number of carbonyl (C=O) groups is 2. The molecular formula is C13H12CaO4. The molecule has 0 fully saturated rings. The fourth-order valence-electron chi connectivity index (χ4n) is 0.859. The van der Waals surface area contributed by atoms with Crippen molar-refractivity contribution in [1.29, 1.82) is 0 Å². The second kappa shape index (κ2) is 11.0. The fourth-order valence-corrected chi connectivity index (χ4v) is 0.859. The number of benzene rings is 1. The van der Waals surface area contributed by atoms with E-state index in [1.54, 1.807) is 0 Å². The summed E-state index contributed by atoms with van der Waals surface area (Å²) in [5.74, 6) is -3.09. The van der Waals surface area contributed by atoms with Gasteiger partial charge in [-0.15, -0.1) is 0 Å². The van der Waals surface area contributed by atoms with Gasteiger partial charge < -0.3 is 19.8 Å². The van der Waals surface area contributed by atoms with E-state index in [1.807, 2.05) is 25.1 Å². The minimum atomic E-state index is -1.55. The molecule has 0 aliphatic rings. The molecule has 18 heavy (non-hydrogen) atoms. The smallest absolute Gasteiger partial charge is 0.545 e. The number of carboxylic acids is 2. The Balaban J connectivity index is 0. The van der Waals surface area contributed by atoms with E-state index in [9.17, 15) is 19.8 Å². The van der Waals surface area contributed by atoms with Crippen molar-refractivity contribution in [3.63, 3.8) is 0 Å². The standard InChI is InChI=1S/C9H10.C4H4O4.Ca/c1-8(2)9-6-4-3-5-7-9;5-3(6)1-2-4(7)8;/h3-7H,1H2,2H3;1-2H,(H,5,6)(H,7,8);/q;;+2/p-2/b;2-1-;. The quantitative estimate of drug-likeness (QED) is 0.542. The van der Waals surface area contributed by atoms with Crippen LogP contribution in [0.25, 0.3) is 5.57 Å². The molecule has 0 radical (unpaired) electrons. The molecule has 0 spiro atoms. The summed E-state index contributed by atoms with van der Waals surface area (Å²) in [6.45, 7) is 5.83. The van der Waals surface area contributed by atoms with Gasteiger partial charge in [0.05, 0.1) is 11.9 Å². The maximum Gasteiger partial charge on any atom is 2.00 e. The number of aliphatic carboxylic acids is 2. The zero-order valence-electron chi connectivity index (χ0n) is 10.1. The molecular weight excluding hydrogens is 260 g/mol. The van der Waals surface area contributed by atoms with Crippen LogP contribution in [0.4, 0.5) is 0 Å².